The third-order valence-electron chi connectivity index (χ3n) is 4.85. The van der Waals surface area contributed by atoms with Gasteiger partial charge >= 0.3 is 0 Å². The molecule has 1 heterocycles. The Morgan fingerprint density at radius 1 is 1.07 bits per heavy atom. The number of carbonyl (C=O) groups excluding carboxylic acids is 1. The number of halogens is 1. The highest BCUT2D eigenvalue weighted by molar-refractivity contribution is 8.00. The average molecular weight is 403 g/mol. The maximum absolute atomic E-state index is 12.6. The summed E-state index contributed by atoms with van der Waals surface area (Å²) < 4.78 is 0. The monoisotopic (exact) mass is 402 g/mol. The van der Waals surface area contributed by atoms with Crippen LogP contribution in [0.3, 0.4) is 0 Å². The molecule has 0 spiro atoms. The number of thioether (sulfide) groups is 1. The number of rotatable bonds is 8. The minimum Gasteiger partial charge on any atom is -0.351 e. The summed E-state index contributed by atoms with van der Waals surface area (Å²) in [5, 5.41) is 3.69. The first-order valence-electron chi connectivity index (χ1n) is 9.64. The van der Waals surface area contributed by atoms with E-state index in [-0.39, 0.29) is 11.2 Å². The summed E-state index contributed by atoms with van der Waals surface area (Å²) in [5.74, 6) is 0.0820. The molecular weight excluding hydrogens is 376 g/mol. The predicted octanol–water partition coefficient (Wildman–Crippen LogP) is 5.12. The average Bonchev–Trinajstić information content (AvgIpc) is 3.20. The van der Waals surface area contributed by atoms with Crippen LogP contribution in [0.1, 0.15) is 37.3 Å². The van der Waals surface area contributed by atoms with Crippen molar-refractivity contribution in [2.45, 2.75) is 49.4 Å². The number of hydrogen-bond donors (Lipinski definition) is 1. The molecule has 27 heavy (non-hydrogen) atoms. The second-order valence-electron chi connectivity index (χ2n) is 6.99. The third kappa shape index (κ3) is 6.27. The number of nitrogens with zero attached hydrogens (tertiary/aromatic N) is 1. The van der Waals surface area contributed by atoms with Gasteiger partial charge in [0.25, 0.3) is 0 Å². The topological polar surface area (TPSA) is 32.3 Å². The highest BCUT2D eigenvalue weighted by Crippen LogP contribution is 2.26. The lowest BCUT2D eigenvalue weighted by atomic mass is 10.1. The van der Waals surface area contributed by atoms with Crippen LogP contribution in [0, 0.1) is 0 Å². The minimum atomic E-state index is -0.0967. The van der Waals surface area contributed by atoms with Crippen LogP contribution < -0.4 is 5.32 Å². The lowest BCUT2D eigenvalue weighted by molar-refractivity contribution is -0.120. The maximum Gasteiger partial charge on any atom is 0.233 e. The Morgan fingerprint density at radius 2 is 1.70 bits per heavy atom. The van der Waals surface area contributed by atoms with Crippen molar-refractivity contribution in [3.05, 3.63) is 64.7 Å². The number of benzene rings is 2. The van der Waals surface area contributed by atoms with Gasteiger partial charge in [-0.2, -0.15) is 0 Å². The molecule has 1 atom stereocenters. The van der Waals surface area contributed by atoms with Gasteiger partial charge in [0, 0.05) is 23.0 Å². The highest BCUT2D eigenvalue weighted by Gasteiger charge is 2.17. The number of nitrogens with one attached hydrogen (secondary N) is 1. The molecule has 3 rings (SSSR count). The Hall–Kier alpha value is -1.49. The van der Waals surface area contributed by atoms with Crippen LogP contribution in [-0.2, 0) is 17.9 Å². The SMILES string of the molecule is CC[C@H](Sc1ccc(Cl)cc1)C(=O)NCc1ccc(CN2CCCC2)cc1. The van der Waals surface area contributed by atoms with E-state index in [0.717, 1.165) is 23.4 Å². The first-order chi connectivity index (χ1) is 13.1. The standard InChI is InChI=1S/C22H27ClN2OS/c1-2-21(27-20-11-9-19(23)10-12-20)22(26)24-15-17-5-7-18(8-6-17)16-25-13-3-4-14-25/h5-12,21H,2-4,13-16H2,1H3,(H,24,26)/t21-/m0/s1. The van der Waals surface area contributed by atoms with Gasteiger partial charge in [-0.3, -0.25) is 9.69 Å². The van der Waals surface area contributed by atoms with Gasteiger partial charge in [0.1, 0.15) is 0 Å². The molecule has 0 aromatic heterocycles. The van der Waals surface area contributed by atoms with E-state index < -0.39 is 0 Å². The van der Waals surface area contributed by atoms with Crippen LogP contribution in [-0.4, -0.2) is 29.1 Å². The first-order valence-corrected chi connectivity index (χ1v) is 10.9. The highest BCUT2D eigenvalue weighted by atomic mass is 35.5. The van der Waals surface area contributed by atoms with E-state index in [1.54, 1.807) is 11.8 Å². The van der Waals surface area contributed by atoms with E-state index in [0.29, 0.717) is 11.6 Å². The van der Waals surface area contributed by atoms with Crippen LogP contribution in [0.4, 0.5) is 0 Å². The third-order valence-corrected chi connectivity index (χ3v) is 6.48. The van der Waals surface area contributed by atoms with Crippen LogP contribution in [0.25, 0.3) is 0 Å². The lowest BCUT2D eigenvalue weighted by Gasteiger charge is -2.16. The van der Waals surface area contributed by atoms with Gasteiger partial charge in [0.05, 0.1) is 5.25 Å². The molecule has 1 aliphatic heterocycles. The number of amides is 1. The number of likely N-dealkylation sites (tertiary alicyclic amines) is 1. The molecule has 0 saturated carbocycles. The lowest BCUT2D eigenvalue weighted by Crippen LogP contribution is -2.31. The van der Waals surface area contributed by atoms with Gasteiger partial charge in [0.2, 0.25) is 5.91 Å². The molecule has 1 fully saturated rings. The van der Waals surface area contributed by atoms with Gasteiger partial charge < -0.3 is 5.32 Å². The van der Waals surface area contributed by atoms with Crippen molar-refractivity contribution >= 4 is 29.3 Å². The van der Waals surface area contributed by atoms with Crippen molar-refractivity contribution in [1.82, 2.24) is 10.2 Å². The summed E-state index contributed by atoms with van der Waals surface area (Å²) >= 11 is 7.51. The summed E-state index contributed by atoms with van der Waals surface area (Å²) in [7, 11) is 0. The summed E-state index contributed by atoms with van der Waals surface area (Å²) in [6.07, 6.45) is 3.42. The molecule has 2 aromatic rings. The Morgan fingerprint density at radius 3 is 2.33 bits per heavy atom. The van der Waals surface area contributed by atoms with Crippen molar-refractivity contribution < 1.29 is 4.79 Å². The molecule has 0 bridgehead atoms. The summed E-state index contributed by atoms with van der Waals surface area (Å²) in [5.41, 5.74) is 2.48. The van der Waals surface area contributed by atoms with Crippen molar-refractivity contribution in [2.24, 2.45) is 0 Å². The Bertz CT molecular complexity index is 727. The second-order valence-corrected chi connectivity index (χ2v) is 8.70. The van der Waals surface area contributed by atoms with E-state index in [9.17, 15) is 4.79 Å². The van der Waals surface area contributed by atoms with E-state index in [4.69, 9.17) is 11.6 Å². The zero-order chi connectivity index (χ0) is 19.1. The molecule has 1 N–H and O–H groups in total. The normalized spacial score (nSPS) is 15.6. The van der Waals surface area contributed by atoms with E-state index in [2.05, 4.69) is 34.5 Å². The largest absolute Gasteiger partial charge is 0.351 e. The van der Waals surface area contributed by atoms with Crippen molar-refractivity contribution in [2.75, 3.05) is 13.1 Å². The number of carbonyl (C=O) groups is 1. The molecule has 1 aliphatic rings. The Balaban J connectivity index is 1.48. The molecule has 2 aromatic carbocycles. The van der Waals surface area contributed by atoms with Gasteiger partial charge in [-0.25, -0.2) is 0 Å². The Labute approximate surface area is 171 Å². The fourth-order valence-electron chi connectivity index (χ4n) is 3.26. The summed E-state index contributed by atoms with van der Waals surface area (Å²) in [6.45, 7) is 6.06. The van der Waals surface area contributed by atoms with Crippen LogP contribution in [0.5, 0.6) is 0 Å². The van der Waals surface area contributed by atoms with Crippen molar-refractivity contribution in [1.29, 1.82) is 0 Å². The van der Waals surface area contributed by atoms with Gasteiger partial charge in [0.15, 0.2) is 0 Å². The van der Waals surface area contributed by atoms with Gasteiger partial charge in [-0.05, 0) is 67.7 Å². The molecular formula is C22H27ClN2OS. The predicted molar refractivity (Wildman–Crippen MR) is 114 cm³/mol. The molecule has 5 heteroatoms. The van der Waals surface area contributed by atoms with Crippen molar-refractivity contribution in [3.8, 4) is 0 Å². The minimum absolute atomic E-state index is 0.0820. The fraction of sp³-hybridized carbons (Fsp3) is 0.409. The van der Waals surface area contributed by atoms with E-state index >= 15 is 0 Å². The number of hydrogen-bond acceptors (Lipinski definition) is 3. The van der Waals surface area contributed by atoms with Crippen LogP contribution in [0.2, 0.25) is 5.02 Å². The molecule has 1 saturated heterocycles. The smallest absolute Gasteiger partial charge is 0.233 e. The van der Waals surface area contributed by atoms with E-state index in [1.165, 1.54) is 31.5 Å². The van der Waals surface area contributed by atoms with Gasteiger partial charge in [-0.15, -0.1) is 11.8 Å². The molecule has 3 nitrogen and oxygen atoms in total. The van der Waals surface area contributed by atoms with Crippen LogP contribution in [0.15, 0.2) is 53.4 Å². The Kier molecular flexibility index (Phi) is 7.62. The molecule has 0 aliphatic carbocycles. The fourth-order valence-corrected chi connectivity index (χ4v) is 4.37. The molecule has 0 radical (unpaired) electrons. The summed E-state index contributed by atoms with van der Waals surface area (Å²) in [4.78, 5) is 16.1. The molecule has 144 valence electrons. The zero-order valence-electron chi connectivity index (χ0n) is 15.8. The second kappa shape index (κ2) is 10.2. The van der Waals surface area contributed by atoms with Crippen molar-refractivity contribution in [3.63, 3.8) is 0 Å². The molecule has 1 amide bonds. The first kappa shape index (κ1) is 20.2. The van der Waals surface area contributed by atoms with E-state index in [1.807, 2.05) is 31.2 Å². The quantitative estimate of drug-likeness (QED) is 0.621. The summed E-state index contributed by atoms with van der Waals surface area (Å²) in [6, 6.07) is 16.2. The maximum atomic E-state index is 12.6. The zero-order valence-corrected chi connectivity index (χ0v) is 17.4. The van der Waals surface area contributed by atoms with Crippen LogP contribution >= 0.6 is 23.4 Å². The molecule has 0 unspecified atom stereocenters. The van der Waals surface area contributed by atoms with Gasteiger partial charge in [-0.1, -0.05) is 42.8 Å².